The van der Waals surface area contributed by atoms with Crippen molar-refractivity contribution in [2.75, 3.05) is 13.2 Å². The van der Waals surface area contributed by atoms with Crippen LogP contribution in [-0.4, -0.2) is 60.7 Å². The molecule has 0 spiro atoms. The lowest BCUT2D eigenvalue weighted by molar-refractivity contribution is -0.230. The molecule has 25 heavy (non-hydrogen) atoms. The van der Waals surface area contributed by atoms with Gasteiger partial charge in [0.15, 0.2) is 18.5 Å². The standard InChI is InChI=1S/C15H20O10/c1-8(16)22-7-13-11(23-9(2)17)6-12(24-10(3)18)15(25-13)21-5-4-14(19)20/h6,12-13,15H,4-5,7H2,1-3H3,(H,19,20)/t12?,13?,15-/m1/s1. The van der Waals surface area contributed by atoms with Gasteiger partial charge in [-0.25, -0.2) is 0 Å². The number of carbonyl (C=O) groups is 4. The highest BCUT2D eigenvalue weighted by Gasteiger charge is 2.37. The number of aliphatic carboxylic acids is 1. The number of carboxylic acids is 1. The van der Waals surface area contributed by atoms with E-state index in [0.29, 0.717) is 0 Å². The molecule has 1 aliphatic rings. The van der Waals surface area contributed by atoms with Crippen LogP contribution < -0.4 is 0 Å². The van der Waals surface area contributed by atoms with Gasteiger partial charge in [0.1, 0.15) is 12.4 Å². The summed E-state index contributed by atoms with van der Waals surface area (Å²) < 4.78 is 25.7. The number of carbonyl (C=O) groups excluding carboxylic acids is 3. The molecule has 10 heteroatoms. The lowest BCUT2D eigenvalue weighted by atomic mass is 10.1. The highest BCUT2D eigenvalue weighted by Crippen LogP contribution is 2.25. The van der Waals surface area contributed by atoms with Gasteiger partial charge in [0.05, 0.1) is 13.0 Å². The Labute approximate surface area is 143 Å². The fourth-order valence-electron chi connectivity index (χ4n) is 1.91. The van der Waals surface area contributed by atoms with Crippen molar-refractivity contribution in [3.8, 4) is 0 Å². The van der Waals surface area contributed by atoms with E-state index in [1.807, 2.05) is 0 Å². The third-order valence-corrected chi connectivity index (χ3v) is 2.81. The van der Waals surface area contributed by atoms with Crippen molar-refractivity contribution in [1.82, 2.24) is 0 Å². The van der Waals surface area contributed by atoms with Gasteiger partial charge in [0, 0.05) is 26.8 Å². The minimum absolute atomic E-state index is 0.00177. The molecule has 0 fully saturated rings. The summed E-state index contributed by atoms with van der Waals surface area (Å²) in [5.41, 5.74) is 0. The third kappa shape index (κ3) is 7.77. The van der Waals surface area contributed by atoms with E-state index in [4.69, 9.17) is 28.8 Å². The Morgan fingerprint density at radius 2 is 1.80 bits per heavy atom. The molecule has 0 saturated carbocycles. The van der Waals surface area contributed by atoms with Crippen LogP contribution in [0.2, 0.25) is 0 Å². The first kappa shape index (κ1) is 20.6. The lowest BCUT2D eigenvalue weighted by Gasteiger charge is -2.33. The third-order valence-electron chi connectivity index (χ3n) is 2.81. The highest BCUT2D eigenvalue weighted by atomic mass is 16.7. The number of hydrogen-bond donors (Lipinski definition) is 1. The lowest BCUT2D eigenvalue weighted by Crippen LogP contribution is -2.44. The Bertz CT molecular complexity index is 553. The smallest absolute Gasteiger partial charge is 0.307 e. The fourth-order valence-corrected chi connectivity index (χ4v) is 1.91. The van der Waals surface area contributed by atoms with Crippen molar-refractivity contribution in [3.05, 3.63) is 11.8 Å². The molecule has 0 aromatic carbocycles. The largest absolute Gasteiger partial charge is 0.481 e. The molecule has 1 N–H and O–H groups in total. The van der Waals surface area contributed by atoms with Gasteiger partial charge in [-0.1, -0.05) is 0 Å². The van der Waals surface area contributed by atoms with Crippen molar-refractivity contribution >= 4 is 23.9 Å². The monoisotopic (exact) mass is 360 g/mol. The van der Waals surface area contributed by atoms with E-state index in [0.717, 1.165) is 0 Å². The van der Waals surface area contributed by atoms with Crippen LogP contribution in [0.25, 0.3) is 0 Å². The zero-order chi connectivity index (χ0) is 19.0. The first-order valence-corrected chi connectivity index (χ1v) is 7.38. The second-order valence-electron chi connectivity index (χ2n) is 5.05. The van der Waals surface area contributed by atoms with E-state index < -0.39 is 42.4 Å². The summed E-state index contributed by atoms with van der Waals surface area (Å²) in [6.45, 7) is 3.06. The van der Waals surface area contributed by atoms with Crippen molar-refractivity contribution in [2.24, 2.45) is 0 Å². The second kappa shape index (κ2) is 9.74. The molecule has 0 aliphatic carbocycles. The van der Waals surface area contributed by atoms with Crippen LogP contribution in [0.3, 0.4) is 0 Å². The van der Waals surface area contributed by atoms with Crippen LogP contribution >= 0.6 is 0 Å². The summed E-state index contributed by atoms with van der Waals surface area (Å²) in [5.74, 6) is -2.94. The fraction of sp³-hybridized carbons (Fsp3) is 0.600. The van der Waals surface area contributed by atoms with Crippen molar-refractivity contribution in [2.45, 2.75) is 45.7 Å². The molecular weight excluding hydrogens is 340 g/mol. The van der Waals surface area contributed by atoms with E-state index in [1.54, 1.807) is 0 Å². The van der Waals surface area contributed by atoms with Gasteiger partial charge >= 0.3 is 23.9 Å². The summed E-state index contributed by atoms with van der Waals surface area (Å²) in [5, 5.41) is 8.66. The Kier molecular flexibility index (Phi) is 8.02. The SMILES string of the molecule is CC(=O)OCC1O[C@@H](OCCC(=O)O)C(OC(C)=O)C=C1OC(C)=O. The topological polar surface area (TPSA) is 135 Å². The molecule has 1 heterocycles. The second-order valence-corrected chi connectivity index (χ2v) is 5.05. The van der Waals surface area contributed by atoms with Gasteiger partial charge < -0.3 is 28.8 Å². The summed E-state index contributed by atoms with van der Waals surface area (Å²) in [6.07, 6.45) is -2.18. The predicted molar refractivity (Wildman–Crippen MR) is 78.9 cm³/mol. The van der Waals surface area contributed by atoms with Gasteiger partial charge in [0.25, 0.3) is 0 Å². The van der Waals surface area contributed by atoms with Crippen molar-refractivity contribution < 1.29 is 48.0 Å². The van der Waals surface area contributed by atoms with E-state index in [9.17, 15) is 19.2 Å². The molecular formula is C15H20O10. The summed E-state index contributed by atoms with van der Waals surface area (Å²) in [6, 6.07) is 0. The highest BCUT2D eigenvalue weighted by molar-refractivity contribution is 5.68. The molecule has 0 aromatic rings. The summed E-state index contributed by atoms with van der Waals surface area (Å²) in [7, 11) is 0. The first-order chi connectivity index (χ1) is 11.7. The van der Waals surface area contributed by atoms with Crippen molar-refractivity contribution in [1.29, 1.82) is 0 Å². The van der Waals surface area contributed by atoms with Crippen molar-refractivity contribution in [3.63, 3.8) is 0 Å². The molecule has 1 aliphatic heterocycles. The van der Waals surface area contributed by atoms with E-state index in [1.165, 1.54) is 26.8 Å². The van der Waals surface area contributed by atoms with Crippen LogP contribution in [-0.2, 0) is 42.9 Å². The number of rotatable bonds is 8. The molecule has 0 aromatic heterocycles. The van der Waals surface area contributed by atoms with Gasteiger partial charge in [-0.05, 0) is 0 Å². The molecule has 0 bridgehead atoms. The van der Waals surface area contributed by atoms with E-state index in [2.05, 4.69) is 0 Å². The molecule has 1 rings (SSSR count). The predicted octanol–water partition coefficient (Wildman–Crippen LogP) is 0.144. The maximum Gasteiger partial charge on any atom is 0.307 e. The zero-order valence-electron chi connectivity index (χ0n) is 14.1. The van der Waals surface area contributed by atoms with Gasteiger partial charge in [-0.15, -0.1) is 0 Å². The Morgan fingerprint density at radius 3 is 2.32 bits per heavy atom. The zero-order valence-corrected chi connectivity index (χ0v) is 14.1. The summed E-state index contributed by atoms with van der Waals surface area (Å²) >= 11 is 0. The maximum absolute atomic E-state index is 11.2. The quantitative estimate of drug-likeness (QED) is 0.470. The molecule has 0 saturated heterocycles. The molecule has 10 nitrogen and oxygen atoms in total. The van der Waals surface area contributed by atoms with Gasteiger partial charge in [0.2, 0.25) is 0 Å². The molecule has 0 radical (unpaired) electrons. The van der Waals surface area contributed by atoms with Crippen LogP contribution in [0, 0.1) is 0 Å². The molecule has 0 amide bonds. The van der Waals surface area contributed by atoms with Crippen LogP contribution in [0.4, 0.5) is 0 Å². The van der Waals surface area contributed by atoms with E-state index >= 15 is 0 Å². The molecule has 140 valence electrons. The van der Waals surface area contributed by atoms with Gasteiger partial charge in [-0.2, -0.15) is 0 Å². The normalized spacial score (nSPS) is 22.5. The number of hydrogen-bond acceptors (Lipinski definition) is 9. The average Bonchev–Trinajstić information content (AvgIpc) is 2.46. The Morgan fingerprint density at radius 1 is 1.12 bits per heavy atom. The minimum atomic E-state index is -1.15. The van der Waals surface area contributed by atoms with Gasteiger partial charge in [-0.3, -0.25) is 19.2 Å². The van der Waals surface area contributed by atoms with Crippen LogP contribution in [0.15, 0.2) is 11.8 Å². The molecule has 3 atom stereocenters. The average molecular weight is 360 g/mol. The van der Waals surface area contributed by atoms with Crippen LogP contribution in [0.5, 0.6) is 0 Å². The Hall–Kier alpha value is -2.46. The first-order valence-electron chi connectivity index (χ1n) is 7.38. The maximum atomic E-state index is 11.2. The Balaban J connectivity index is 2.94. The summed E-state index contributed by atoms with van der Waals surface area (Å²) in [4.78, 5) is 44.0. The van der Waals surface area contributed by atoms with E-state index in [-0.39, 0.29) is 25.4 Å². The number of esters is 3. The number of ether oxygens (including phenoxy) is 5. The number of carboxylic acid groups (broad SMARTS) is 1. The van der Waals surface area contributed by atoms with Crippen LogP contribution in [0.1, 0.15) is 27.2 Å². The minimum Gasteiger partial charge on any atom is -0.481 e. The molecule has 2 unspecified atom stereocenters.